The molecule has 1 saturated heterocycles. The maximum absolute atomic E-state index is 13.2. The van der Waals surface area contributed by atoms with E-state index < -0.39 is 0 Å². The first-order valence-corrected chi connectivity index (χ1v) is 11.5. The highest BCUT2D eigenvalue weighted by atomic mass is 19.1. The molecule has 0 aromatic heterocycles. The van der Waals surface area contributed by atoms with Crippen molar-refractivity contribution in [3.8, 4) is 0 Å². The number of fused-ring (bicyclic) bond motifs is 2. The van der Waals surface area contributed by atoms with Crippen molar-refractivity contribution in [2.24, 2.45) is 17.3 Å². The van der Waals surface area contributed by atoms with E-state index in [0.717, 1.165) is 44.5 Å². The molecule has 2 aliphatic carbocycles. The van der Waals surface area contributed by atoms with Gasteiger partial charge in [-0.25, -0.2) is 4.39 Å². The van der Waals surface area contributed by atoms with Gasteiger partial charge >= 0.3 is 5.97 Å². The number of benzene rings is 1. The van der Waals surface area contributed by atoms with Crippen LogP contribution < -0.4 is 0 Å². The standard InChI is InChI=1S/C26H32FNO2/c1-17-4-3-11-26(2)15-24-21(14-23(17)26)22(25(29)30-24)16-28-12-9-19(10-13-28)18-5-7-20(27)8-6-18/h5-9,21-22,24H,3-4,10-16H2,1-2H3/t21-,22+,24-,26+/m1/s1. The number of hydrogen-bond acceptors (Lipinski definition) is 3. The molecule has 3 nitrogen and oxygen atoms in total. The Balaban J connectivity index is 1.28. The third kappa shape index (κ3) is 3.53. The Morgan fingerprint density at radius 2 is 2.03 bits per heavy atom. The summed E-state index contributed by atoms with van der Waals surface area (Å²) in [6, 6.07) is 6.76. The molecule has 1 saturated carbocycles. The molecule has 5 rings (SSSR count). The monoisotopic (exact) mass is 409 g/mol. The van der Waals surface area contributed by atoms with Crippen molar-refractivity contribution in [2.75, 3.05) is 19.6 Å². The minimum Gasteiger partial charge on any atom is -0.462 e. The minimum atomic E-state index is -0.196. The fourth-order valence-electron chi connectivity index (χ4n) is 6.40. The Labute approximate surface area is 179 Å². The molecular weight excluding hydrogens is 377 g/mol. The molecule has 2 fully saturated rings. The van der Waals surface area contributed by atoms with Crippen LogP contribution in [-0.4, -0.2) is 36.6 Å². The molecule has 0 radical (unpaired) electrons. The first-order chi connectivity index (χ1) is 14.4. The number of hydrogen-bond donors (Lipinski definition) is 0. The number of ether oxygens (including phenoxy) is 1. The fraction of sp³-hybridized carbons (Fsp3) is 0.577. The molecule has 1 aromatic carbocycles. The maximum Gasteiger partial charge on any atom is 0.310 e. The van der Waals surface area contributed by atoms with E-state index in [1.165, 1.54) is 37.0 Å². The number of allylic oxidation sites excluding steroid dienone is 2. The van der Waals surface area contributed by atoms with Gasteiger partial charge in [-0.3, -0.25) is 9.69 Å². The molecule has 0 N–H and O–H groups in total. The SMILES string of the molecule is CC1=C2C[C@@H]3[C@H](CN4CC=C(c5ccc(F)cc5)CC4)C(=O)O[C@@H]3C[C@]2(C)CCC1. The van der Waals surface area contributed by atoms with Gasteiger partial charge in [0.2, 0.25) is 0 Å². The van der Waals surface area contributed by atoms with Crippen molar-refractivity contribution in [3.63, 3.8) is 0 Å². The molecule has 4 heteroatoms. The lowest BCUT2D eigenvalue weighted by atomic mass is 9.59. The third-order valence-electron chi connectivity index (χ3n) is 8.14. The molecule has 1 aromatic rings. The van der Waals surface area contributed by atoms with Crippen LogP contribution in [0.15, 0.2) is 41.5 Å². The van der Waals surface area contributed by atoms with E-state index in [2.05, 4.69) is 24.8 Å². The Bertz CT molecular complexity index is 902. The van der Waals surface area contributed by atoms with Crippen molar-refractivity contribution in [1.82, 2.24) is 4.90 Å². The van der Waals surface area contributed by atoms with Crippen LogP contribution in [0, 0.1) is 23.1 Å². The summed E-state index contributed by atoms with van der Waals surface area (Å²) in [6.45, 7) is 7.24. The van der Waals surface area contributed by atoms with Gasteiger partial charge in [0.15, 0.2) is 0 Å². The Kier molecular flexibility index (Phi) is 5.09. The van der Waals surface area contributed by atoms with Gasteiger partial charge in [-0.15, -0.1) is 0 Å². The van der Waals surface area contributed by atoms with Gasteiger partial charge in [0.25, 0.3) is 0 Å². The number of carbonyl (C=O) groups is 1. The van der Waals surface area contributed by atoms with Gasteiger partial charge in [0.1, 0.15) is 11.9 Å². The smallest absolute Gasteiger partial charge is 0.310 e. The topological polar surface area (TPSA) is 29.5 Å². The van der Waals surface area contributed by atoms with E-state index in [-0.39, 0.29) is 29.2 Å². The predicted octanol–water partition coefficient (Wildman–Crippen LogP) is 5.37. The first kappa shape index (κ1) is 20.0. The van der Waals surface area contributed by atoms with Crippen LogP contribution in [0.4, 0.5) is 4.39 Å². The number of rotatable bonds is 3. The highest BCUT2D eigenvalue weighted by molar-refractivity contribution is 5.76. The van der Waals surface area contributed by atoms with Crippen molar-refractivity contribution >= 4 is 11.5 Å². The highest BCUT2D eigenvalue weighted by Gasteiger charge is 2.53. The van der Waals surface area contributed by atoms with E-state index in [1.54, 1.807) is 11.1 Å². The molecule has 2 heterocycles. The van der Waals surface area contributed by atoms with Crippen LogP contribution in [0.25, 0.3) is 5.57 Å². The molecule has 30 heavy (non-hydrogen) atoms. The average molecular weight is 410 g/mol. The largest absolute Gasteiger partial charge is 0.462 e. The number of nitrogens with zero attached hydrogens (tertiary/aromatic N) is 1. The van der Waals surface area contributed by atoms with Gasteiger partial charge in [0, 0.05) is 25.6 Å². The van der Waals surface area contributed by atoms with Gasteiger partial charge < -0.3 is 4.74 Å². The summed E-state index contributed by atoms with van der Waals surface area (Å²) in [5, 5.41) is 0. The van der Waals surface area contributed by atoms with E-state index >= 15 is 0 Å². The summed E-state index contributed by atoms with van der Waals surface area (Å²) in [6.07, 6.45) is 9.01. The normalized spacial score (nSPS) is 34.3. The summed E-state index contributed by atoms with van der Waals surface area (Å²) in [5.74, 6) is 0.135. The minimum absolute atomic E-state index is 0.0115. The summed E-state index contributed by atoms with van der Waals surface area (Å²) in [4.78, 5) is 15.2. The quantitative estimate of drug-likeness (QED) is 0.496. The molecule has 4 atom stereocenters. The average Bonchev–Trinajstić information content (AvgIpc) is 3.01. The van der Waals surface area contributed by atoms with Crippen LogP contribution >= 0.6 is 0 Å². The van der Waals surface area contributed by atoms with Crippen molar-refractivity contribution in [2.45, 2.75) is 58.5 Å². The lowest BCUT2D eigenvalue weighted by Crippen LogP contribution is -2.42. The second-order valence-corrected chi connectivity index (χ2v) is 10.1. The fourth-order valence-corrected chi connectivity index (χ4v) is 6.40. The predicted molar refractivity (Wildman–Crippen MR) is 116 cm³/mol. The Morgan fingerprint density at radius 3 is 2.77 bits per heavy atom. The van der Waals surface area contributed by atoms with E-state index in [9.17, 15) is 9.18 Å². The summed E-state index contributed by atoms with van der Waals surface area (Å²) in [5.41, 5.74) is 5.79. The van der Waals surface area contributed by atoms with Crippen molar-refractivity contribution in [3.05, 3.63) is 52.9 Å². The van der Waals surface area contributed by atoms with Gasteiger partial charge in [0.05, 0.1) is 5.92 Å². The van der Waals surface area contributed by atoms with Crippen LogP contribution in [-0.2, 0) is 9.53 Å². The molecular formula is C26H32FNO2. The van der Waals surface area contributed by atoms with Gasteiger partial charge in [-0.05, 0) is 74.1 Å². The van der Waals surface area contributed by atoms with E-state index in [1.807, 2.05) is 12.1 Å². The Hall–Kier alpha value is -1.94. The summed E-state index contributed by atoms with van der Waals surface area (Å²) in [7, 11) is 0. The second-order valence-electron chi connectivity index (χ2n) is 10.1. The summed E-state index contributed by atoms with van der Waals surface area (Å²) < 4.78 is 19.1. The third-order valence-corrected chi connectivity index (χ3v) is 8.14. The van der Waals surface area contributed by atoms with Crippen LogP contribution in [0.1, 0.15) is 57.9 Å². The molecule has 0 bridgehead atoms. The van der Waals surface area contributed by atoms with E-state index in [4.69, 9.17) is 4.74 Å². The van der Waals surface area contributed by atoms with Crippen LogP contribution in [0.3, 0.4) is 0 Å². The molecule has 0 unspecified atom stereocenters. The zero-order valence-corrected chi connectivity index (χ0v) is 18.1. The molecule has 0 amide bonds. The lowest BCUT2D eigenvalue weighted by Gasteiger charge is -2.46. The van der Waals surface area contributed by atoms with Crippen LogP contribution in [0.5, 0.6) is 0 Å². The maximum atomic E-state index is 13.2. The molecule has 2 aliphatic heterocycles. The zero-order chi connectivity index (χ0) is 20.9. The number of esters is 1. The number of halogens is 1. The highest BCUT2D eigenvalue weighted by Crippen LogP contribution is 2.55. The van der Waals surface area contributed by atoms with Crippen LogP contribution in [0.2, 0.25) is 0 Å². The molecule has 4 aliphatic rings. The number of carbonyl (C=O) groups excluding carboxylic acids is 1. The molecule has 160 valence electrons. The van der Waals surface area contributed by atoms with Gasteiger partial charge in [-0.2, -0.15) is 0 Å². The summed E-state index contributed by atoms with van der Waals surface area (Å²) >= 11 is 0. The Morgan fingerprint density at radius 1 is 1.23 bits per heavy atom. The van der Waals surface area contributed by atoms with E-state index in [0.29, 0.717) is 5.92 Å². The zero-order valence-electron chi connectivity index (χ0n) is 18.1. The lowest BCUT2D eigenvalue weighted by molar-refractivity contribution is -0.145. The first-order valence-electron chi connectivity index (χ1n) is 11.5. The molecule has 0 spiro atoms. The second kappa shape index (κ2) is 7.64. The van der Waals surface area contributed by atoms with Crippen molar-refractivity contribution in [1.29, 1.82) is 0 Å². The van der Waals surface area contributed by atoms with Crippen molar-refractivity contribution < 1.29 is 13.9 Å². The van der Waals surface area contributed by atoms with Gasteiger partial charge in [-0.1, -0.05) is 36.3 Å².